The zero-order valence-corrected chi connectivity index (χ0v) is 38.8. The molecule has 0 aromatic rings. The van der Waals surface area contributed by atoms with Crippen LogP contribution >= 0.6 is 0 Å². The number of rotatable bonds is 44. The Hall–Kier alpha value is -2.89. The Kier molecular flexibility index (Phi) is 45.4. The van der Waals surface area contributed by atoms with Gasteiger partial charge in [-0.15, -0.1) is 0 Å². The Balaban J connectivity index is 4.46. The number of ether oxygens (including phenoxy) is 3. The Labute approximate surface area is 364 Å². The third kappa shape index (κ3) is 46.0. The van der Waals surface area contributed by atoms with Crippen molar-refractivity contribution in [3.63, 3.8) is 0 Å². The zero-order valence-electron chi connectivity index (χ0n) is 38.8. The predicted octanol–water partition coefficient (Wildman–Crippen LogP) is 16.1. The van der Waals surface area contributed by atoms with E-state index in [1.807, 2.05) is 0 Å². The molecule has 0 aliphatic carbocycles. The van der Waals surface area contributed by atoms with E-state index in [9.17, 15) is 14.4 Å². The van der Waals surface area contributed by atoms with Gasteiger partial charge in [0.25, 0.3) is 0 Å². The van der Waals surface area contributed by atoms with Crippen molar-refractivity contribution in [2.45, 2.75) is 245 Å². The van der Waals surface area contributed by atoms with Gasteiger partial charge in [0.05, 0.1) is 0 Å². The maximum absolute atomic E-state index is 12.7. The molecular weight excluding hydrogens is 733 g/mol. The van der Waals surface area contributed by atoms with E-state index in [1.54, 1.807) is 0 Å². The molecule has 6 heteroatoms. The molecule has 59 heavy (non-hydrogen) atoms. The summed E-state index contributed by atoms with van der Waals surface area (Å²) in [4.78, 5) is 37.8. The van der Waals surface area contributed by atoms with Crippen molar-refractivity contribution >= 4 is 17.9 Å². The van der Waals surface area contributed by atoms with Crippen molar-refractivity contribution in [1.29, 1.82) is 0 Å². The Morgan fingerprint density at radius 2 is 0.627 bits per heavy atom. The maximum Gasteiger partial charge on any atom is 0.306 e. The first kappa shape index (κ1) is 56.1. The van der Waals surface area contributed by atoms with Crippen LogP contribution in [0.1, 0.15) is 239 Å². The lowest BCUT2D eigenvalue weighted by atomic mass is 10.0. The molecule has 0 bridgehead atoms. The molecule has 0 amide bonds. The normalized spacial score (nSPS) is 12.5. The van der Waals surface area contributed by atoms with Crippen molar-refractivity contribution in [1.82, 2.24) is 0 Å². The monoisotopic (exact) mass is 825 g/mol. The SMILES string of the molecule is CCCCC/C=C\C/C=C\C/C=C\C/C=C\CCCC(=O)OCC(COC(=O)CCCCCCCCCCCCCC)OC(=O)CCCCCCC/C=C\CCCCC. The highest BCUT2D eigenvalue weighted by Gasteiger charge is 2.19. The van der Waals surface area contributed by atoms with Gasteiger partial charge in [-0.3, -0.25) is 14.4 Å². The summed E-state index contributed by atoms with van der Waals surface area (Å²) >= 11 is 0. The number of hydrogen-bond acceptors (Lipinski definition) is 6. The van der Waals surface area contributed by atoms with Gasteiger partial charge in [0.2, 0.25) is 0 Å². The summed E-state index contributed by atoms with van der Waals surface area (Å²) in [7, 11) is 0. The molecule has 0 aliphatic heterocycles. The van der Waals surface area contributed by atoms with Crippen LogP contribution in [0.15, 0.2) is 60.8 Å². The molecule has 1 atom stereocenters. The summed E-state index contributed by atoms with van der Waals surface area (Å²) < 4.78 is 16.7. The van der Waals surface area contributed by atoms with E-state index in [0.29, 0.717) is 19.3 Å². The number of carbonyl (C=O) groups is 3. The van der Waals surface area contributed by atoms with Gasteiger partial charge in [-0.25, -0.2) is 0 Å². The van der Waals surface area contributed by atoms with Gasteiger partial charge < -0.3 is 14.2 Å². The lowest BCUT2D eigenvalue weighted by Gasteiger charge is -2.18. The third-order valence-corrected chi connectivity index (χ3v) is 10.5. The van der Waals surface area contributed by atoms with Crippen LogP contribution in [0.5, 0.6) is 0 Å². The van der Waals surface area contributed by atoms with E-state index in [2.05, 4.69) is 81.5 Å². The fourth-order valence-corrected chi connectivity index (χ4v) is 6.72. The van der Waals surface area contributed by atoms with E-state index in [-0.39, 0.29) is 37.5 Å². The van der Waals surface area contributed by atoms with Gasteiger partial charge >= 0.3 is 17.9 Å². The molecule has 0 aliphatic rings. The Bertz CT molecular complexity index is 1090. The van der Waals surface area contributed by atoms with Gasteiger partial charge in [0, 0.05) is 19.3 Å². The zero-order chi connectivity index (χ0) is 43.0. The van der Waals surface area contributed by atoms with Crippen LogP contribution in [0.3, 0.4) is 0 Å². The molecule has 0 saturated carbocycles. The van der Waals surface area contributed by atoms with E-state index in [4.69, 9.17) is 14.2 Å². The first-order valence-corrected chi connectivity index (χ1v) is 24.8. The second-order valence-corrected chi connectivity index (χ2v) is 16.4. The fourth-order valence-electron chi connectivity index (χ4n) is 6.72. The molecule has 6 nitrogen and oxygen atoms in total. The molecule has 0 aromatic heterocycles. The standard InChI is InChI=1S/C53H92O6/c1-4-7-10-13-16-19-22-25-26-27-28-29-32-34-37-40-43-46-52(55)58-49-50(59-53(56)47-44-41-38-35-31-24-21-18-15-12-9-6-3)48-57-51(54)45-42-39-36-33-30-23-20-17-14-11-8-5-2/h16,18-19,21,25-26,28-29,34,37,50H,4-15,17,20,22-24,27,30-33,35-36,38-49H2,1-3H3/b19-16-,21-18-,26-25-,29-28-,37-34-. The van der Waals surface area contributed by atoms with Crippen molar-refractivity contribution in [2.24, 2.45) is 0 Å². The summed E-state index contributed by atoms with van der Waals surface area (Å²) in [6, 6.07) is 0. The highest BCUT2D eigenvalue weighted by Crippen LogP contribution is 2.14. The fraction of sp³-hybridized carbons (Fsp3) is 0.755. The molecule has 0 aromatic carbocycles. The van der Waals surface area contributed by atoms with E-state index < -0.39 is 6.10 Å². The molecule has 0 radical (unpaired) electrons. The number of esters is 3. The smallest absolute Gasteiger partial charge is 0.306 e. The van der Waals surface area contributed by atoms with Crippen LogP contribution < -0.4 is 0 Å². The predicted molar refractivity (Wildman–Crippen MR) is 251 cm³/mol. The van der Waals surface area contributed by atoms with Gasteiger partial charge in [-0.1, -0.05) is 197 Å². The summed E-state index contributed by atoms with van der Waals surface area (Å²) in [5.74, 6) is -0.960. The molecular formula is C53H92O6. The largest absolute Gasteiger partial charge is 0.462 e. The quantitative estimate of drug-likeness (QED) is 0.0263. The minimum Gasteiger partial charge on any atom is -0.462 e. The minimum atomic E-state index is -0.796. The van der Waals surface area contributed by atoms with Crippen molar-refractivity contribution in [3.8, 4) is 0 Å². The molecule has 0 rings (SSSR count). The van der Waals surface area contributed by atoms with Crippen LogP contribution in [0.2, 0.25) is 0 Å². The highest BCUT2D eigenvalue weighted by molar-refractivity contribution is 5.71. The number of carbonyl (C=O) groups excluding carboxylic acids is 3. The van der Waals surface area contributed by atoms with Crippen molar-refractivity contribution < 1.29 is 28.6 Å². The van der Waals surface area contributed by atoms with Gasteiger partial charge in [-0.05, 0) is 83.5 Å². The second kappa shape index (κ2) is 47.8. The first-order chi connectivity index (χ1) is 29.0. The molecule has 0 N–H and O–H groups in total. The molecule has 0 saturated heterocycles. The van der Waals surface area contributed by atoms with Crippen LogP contribution in [0.4, 0.5) is 0 Å². The van der Waals surface area contributed by atoms with E-state index in [1.165, 1.54) is 116 Å². The van der Waals surface area contributed by atoms with Gasteiger partial charge in [0.1, 0.15) is 13.2 Å². The molecule has 0 spiro atoms. The summed E-state index contributed by atoms with van der Waals surface area (Å²) in [5.41, 5.74) is 0. The lowest BCUT2D eigenvalue weighted by molar-refractivity contribution is -0.167. The molecule has 0 heterocycles. The lowest BCUT2D eigenvalue weighted by Crippen LogP contribution is -2.30. The summed E-state index contributed by atoms with van der Waals surface area (Å²) in [6.45, 7) is 6.52. The average Bonchev–Trinajstić information content (AvgIpc) is 3.23. The second-order valence-electron chi connectivity index (χ2n) is 16.4. The third-order valence-electron chi connectivity index (χ3n) is 10.5. The van der Waals surface area contributed by atoms with Gasteiger partial charge in [-0.2, -0.15) is 0 Å². The van der Waals surface area contributed by atoms with E-state index >= 15 is 0 Å². The number of hydrogen-bond donors (Lipinski definition) is 0. The van der Waals surface area contributed by atoms with Crippen LogP contribution in [0, 0.1) is 0 Å². The summed E-state index contributed by atoms with van der Waals surface area (Å²) in [5, 5.41) is 0. The number of unbranched alkanes of at least 4 members (excludes halogenated alkanes) is 23. The van der Waals surface area contributed by atoms with Crippen LogP contribution in [-0.2, 0) is 28.6 Å². The average molecular weight is 825 g/mol. The first-order valence-electron chi connectivity index (χ1n) is 24.8. The van der Waals surface area contributed by atoms with E-state index in [0.717, 1.165) is 77.0 Å². The Morgan fingerprint density at radius 1 is 0.339 bits per heavy atom. The molecule has 1 unspecified atom stereocenters. The van der Waals surface area contributed by atoms with Crippen LogP contribution in [0.25, 0.3) is 0 Å². The van der Waals surface area contributed by atoms with Crippen molar-refractivity contribution in [3.05, 3.63) is 60.8 Å². The molecule has 340 valence electrons. The Morgan fingerprint density at radius 3 is 1.07 bits per heavy atom. The van der Waals surface area contributed by atoms with Crippen molar-refractivity contribution in [2.75, 3.05) is 13.2 Å². The maximum atomic E-state index is 12.7. The van der Waals surface area contributed by atoms with Crippen LogP contribution in [-0.4, -0.2) is 37.2 Å². The number of allylic oxidation sites excluding steroid dienone is 10. The van der Waals surface area contributed by atoms with Gasteiger partial charge in [0.15, 0.2) is 6.10 Å². The molecule has 0 fully saturated rings. The topological polar surface area (TPSA) is 78.9 Å². The minimum absolute atomic E-state index is 0.0930. The summed E-state index contributed by atoms with van der Waals surface area (Å²) in [6.07, 6.45) is 57.7. The highest BCUT2D eigenvalue weighted by atomic mass is 16.6.